The van der Waals surface area contributed by atoms with Gasteiger partial charge in [0.25, 0.3) is 5.91 Å². The average Bonchev–Trinajstić information content (AvgIpc) is 2.95. The van der Waals surface area contributed by atoms with Gasteiger partial charge in [0.1, 0.15) is 0 Å². The first-order chi connectivity index (χ1) is 10.4. The first-order valence-electron chi connectivity index (χ1n) is 7.57. The van der Waals surface area contributed by atoms with Crippen molar-refractivity contribution in [1.82, 2.24) is 15.5 Å². The quantitative estimate of drug-likeness (QED) is 0.782. The normalized spacial score (nSPS) is 11.0. The zero-order chi connectivity index (χ0) is 16.2. The van der Waals surface area contributed by atoms with Gasteiger partial charge < -0.3 is 10.6 Å². The highest BCUT2D eigenvalue weighted by Gasteiger charge is 2.19. The van der Waals surface area contributed by atoms with E-state index in [1.165, 1.54) is 0 Å². The van der Waals surface area contributed by atoms with Gasteiger partial charge in [-0.05, 0) is 30.3 Å². The number of amides is 1. The number of halogens is 1. The molecule has 0 saturated carbocycles. The number of carbonyl (C=O) groups excluding carboxylic acids is 1. The molecule has 2 rings (SSSR count). The molecule has 1 heterocycles. The number of nitrogens with one attached hydrogen (secondary N) is 3. The maximum Gasteiger partial charge on any atom is 0.276 e. The van der Waals surface area contributed by atoms with Crippen LogP contribution in [0.4, 0.5) is 5.69 Å². The molecule has 0 aliphatic rings. The second-order valence-electron chi connectivity index (χ2n) is 6.35. The largest absolute Gasteiger partial charge is 0.321 e. The van der Waals surface area contributed by atoms with Gasteiger partial charge in [0.2, 0.25) is 0 Å². The summed E-state index contributed by atoms with van der Waals surface area (Å²) in [4.78, 5) is 12.3. The van der Waals surface area contributed by atoms with Crippen LogP contribution in [0.2, 0.25) is 0 Å². The molecule has 1 amide bonds. The van der Waals surface area contributed by atoms with E-state index < -0.39 is 0 Å². The summed E-state index contributed by atoms with van der Waals surface area (Å²) < 4.78 is 0. The minimum atomic E-state index is -0.202. The van der Waals surface area contributed by atoms with Crippen molar-refractivity contribution in [3.8, 4) is 0 Å². The summed E-state index contributed by atoms with van der Waals surface area (Å²) in [5.41, 5.74) is 3.20. The Morgan fingerprint density at radius 2 is 2.00 bits per heavy atom. The van der Waals surface area contributed by atoms with E-state index in [-0.39, 0.29) is 23.7 Å². The molecule has 1 aromatic heterocycles. The fourth-order valence-electron chi connectivity index (χ4n) is 2.05. The number of hydrogen-bond donors (Lipinski definition) is 3. The number of aromatic amines is 1. The van der Waals surface area contributed by atoms with Gasteiger partial charge in [-0.2, -0.15) is 5.10 Å². The summed E-state index contributed by atoms with van der Waals surface area (Å²) in [6.07, 6.45) is 0. The van der Waals surface area contributed by atoms with Crippen LogP contribution in [0.1, 0.15) is 49.4 Å². The number of rotatable bonds is 5. The molecular weight excluding hydrogens is 312 g/mol. The van der Waals surface area contributed by atoms with Gasteiger partial charge in [-0.25, -0.2) is 0 Å². The standard InChI is InChI=1S/C17H24N4O.ClH/c1-5-18-11-12-7-6-8-13(9-12)19-16(22)14-10-15(21-20-14)17(2,3)4;/h6-10,18H,5,11H2,1-4H3,(H,19,22)(H,20,21);1H. The summed E-state index contributed by atoms with van der Waals surface area (Å²) >= 11 is 0. The molecule has 0 aliphatic carbocycles. The summed E-state index contributed by atoms with van der Waals surface area (Å²) in [7, 11) is 0. The van der Waals surface area contributed by atoms with Crippen LogP contribution in [-0.4, -0.2) is 22.6 Å². The maximum absolute atomic E-state index is 12.3. The Balaban J connectivity index is 0.00000264. The van der Waals surface area contributed by atoms with Crippen LogP contribution in [0, 0.1) is 0 Å². The fraction of sp³-hybridized carbons (Fsp3) is 0.412. The molecule has 0 spiro atoms. The molecule has 0 fully saturated rings. The van der Waals surface area contributed by atoms with E-state index in [1.807, 2.05) is 24.3 Å². The van der Waals surface area contributed by atoms with Crippen LogP contribution < -0.4 is 10.6 Å². The predicted octanol–water partition coefficient (Wildman–Crippen LogP) is 3.49. The Hall–Kier alpha value is -1.85. The van der Waals surface area contributed by atoms with Crippen LogP contribution in [0.5, 0.6) is 0 Å². The van der Waals surface area contributed by atoms with Crippen molar-refractivity contribution in [3.63, 3.8) is 0 Å². The molecule has 1 aromatic carbocycles. The van der Waals surface area contributed by atoms with Crippen LogP contribution in [0.15, 0.2) is 30.3 Å². The Bertz CT molecular complexity index is 646. The lowest BCUT2D eigenvalue weighted by Crippen LogP contribution is -2.14. The van der Waals surface area contributed by atoms with Gasteiger partial charge >= 0.3 is 0 Å². The highest BCUT2D eigenvalue weighted by atomic mass is 35.5. The third kappa shape index (κ3) is 5.37. The van der Waals surface area contributed by atoms with Gasteiger partial charge in [0.15, 0.2) is 5.69 Å². The van der Waals surface area contributed by atoms with Crippen molar-refractivity contribution in [2.75, 3.05) is 11.9 Å². The first-order valence-corrected chi connectivity index (χ1v) is 7.57. The highest BCUT2D eigenvalue weighted by Crippen LogP contribution is 2.20. The molecule has 0 unspecified atom stereocenters. The molecule has 3 N–H and O–H groups in total. The van der Waals surface area contributed by atoms with E-state index in [0.29, 0.717) is 5.69 Å². The minimum absolute atomic E-state index is 0. The molecule has 6 heteroatoms. The molecule has 0 saturated heterocycles. The van der Waals surface area contributed by atoms with Crippen molar-refractivity contribution in [2.24, 2.45) is 0 Å². The van der Waals surface area contributed by atoms with E-state index >= 15 is 0 Å². The third-order valence-corrected chi connectivity index (χ3v) is 3.38. The molecule has 0 atom stereocenters. The van der Waals surface area contributed by atoms with Gasteiger partial charge in [-0.1, -0.05) is 39.8 Å². The van der Waals surface area contributed by atoms with Crippen LogP contribution in [0.3, 0.4) is 0 Å². The lowest BCUT2D eigenvalue weighted by atomic mass is 9.92. The number of benzene rings is 1. The van der Waals surface area contributed by atoms with E-state index in [0.717, 1.165) is 30.0 Å². The zero-order valence-corrected chi connectivity index (χ0v) is 14.9. The van der Waals surface area contributed by atoms with Gasteiger partial charge in [0, 0.05) is 23.3 Å². The van der Waals surface area contributed by atoms with Crippen molar-refractivity contribution >= 4 is 24.0 Å². The van der Waals surface area contributed by atoms with Crippen LogP contribution in [-0.2, 0) is 12.0 Å². The Morgan fingerprint density at radius 1 is 1.26 bits per heavy atom. The number of H-pyrrole nitrogens is 1. The van der Waals surface area contributed by atoms with E-state index in [2.05, 4.69) is 48.5 Å². The zero-order valence-electron chi connectivity index (χ0n) is 14.1. The van der Waals surface area contributed by atoms with E-state index in [9.17, 15) is 4.79 Å². The number of carbonyl (C=O) groups is 1. The smallest absolute Gasteiger partial charge is 0.276 e. The molecule has 0 bridgehead atoms. The Morgan fingerprint density at radius 3 is 2.61 bits per heavy atom. The average molecular weight is 337 g/mol. The summed E-state index contributed by atoms with van der Waals surface area (Å²) in [5.74, 6) is -0.202. The summed E-state index contributed by atoms with van der Waals surface area (Å²) in [5, 5.41) is 13.2. The minimum Gasteiger partial charge on any atom is -0.321 e. The fourth-order valence-corrected chi connectivity index (χ4v) is 2.05. The lowest BCUT2D eigenvalue weighted by Gasteiger charge is -2.14. The number of hydrogen-bond acceptors (Lipinski definition) is 3. The van der Waals surface area contributed by atoms with Crippen molar-refractivity contribution < 1.29 is 4.79 Å². The molecule has 126 valence electrons. The molecule has 5 nitrogen and oxygen atoms in total. The number of nitrogens with zero attached hydrogens (tertiary/aromatic N) is 1. The second-order valence-corrected chi connectivity index (χ2v) is 6.35. The van der Waals surface area contributed by atoms with Gasteiger partial charge in [0.05, 0.1) is 0 Å². The number of anilines is 1. The SMILES string of the molecule is CCNCc1cccc(NC(=O)c2cc(C(C)(C)C)[nH]n2)c1.Cl. The second kappa shape index (κ2) is 8.13. The first kappa shape index (κ1) is 19.2. The highest BCUT2D eigenvalue weighted by molar-refractivity contribution is 6.02. The van der Waals surface area contributed by atoms with Gasteiger partial charge in [-0.3, -0.25) is 9.89 Å². The van der Waals surface area contributed by atoms with Crippen molar-refractivity contribution in [2.45, 2.75) is 39.7 Å². The molecule has 23 heavy (non-hydrogen) atoms. The predicted molar refractivity (Wildman–Crippen MR) is 96.3 cm³/mol. The maximum atomic E-state index is 12.3. The molecule has 0 radical (unpaired) electrons. The van der Waals surface area contributed by atoms with Gasteiger partial charge in [-0.15, -0.1) is 12.4 Å². The monoisotopic (exact) mass is 336 g/mol. The van der Waals surface area contributed by atoms with E-state index in [1.54, 1.807) is 6.07 Å². The van der Waals surface area contributed by atoms with Crippen molar-refractivity contribution in [3.05, 3.63) is 47.3 Å². The molecule has 2 aromatic rings. The van der Waals surface area contributed by atoms with Crippen LogP contribution in [0.25, 0.3) is 0 Å². The molecule has 0 aliphatic heterocycles. The number of aromatic nitrogens is 2. The summed E-state index contributed by atoms with van der Waals surface area (Å²) in [6.45, 7) is 10.00. The Kier molecular flexibility index (Phi) is 6.79. The van der Waals surface area contributed by atoms with E-state index in [4.69, 9.17) is 0 Å². The summed E-state index contributed by atoms with van der Waals surface area (Å²) in [6, 6.07) is 9.62. The topological polar surface area (TPSA) is 69.8 Å². The molecular formula is C17H25ClN4O. The third-order valence-electron chi connectivity index (χ3n) is 3.38. The van der Waals surface area contributed by atoms with Crippen LogP contribution >= 0.6 is 12.4 Å². The van der Waals surface area contributed by atoms with Crippen molar-refractivity contribution in [1.29, 1.82) is 0 Å². The Labute approximate surface area is 143 Å². The lowest BCUT2D eigenvalue weighted by molar-refractivity contribution is 0.102.